The Balaban J connectivity index is 3.18. The zero-order valence-corrected chi connectivity index (χ0v) is 11.4. The van der Waals surface area contributed by atoms with Crippen LogP contribution >= 0.6 is 0 Å². The molecule has 1 aromatic carbocycles. The van der Waals surface area contributed by atoms with Crippen molar-refractivity contribution in [2.45, 2.75) is 43.3 Å². The Hall–Kier alpha value is -1.36. The summed E-state index contributed by atoms with van der Waals surface area (Å²) in [5, 5.41) is 7.76. The van der Waals surface area contributed by atoms with Gasteiger partial charge >= 0.3 is 5.97 Å². The molecular formula is C13H18O4S. The zero-order valence-electron chi connectivity index (χ0n) is 10.6. The van der Waals surface area contributed by atoms with Gasteiger partial charge in [-0.2, -0.15) is 0 Å². The van der Waals surface area contributed by atoms with E-state index in [4.69, 9.17) is 5.11 Å². The summed E-state index contributed by atoms with van der Waals surface area (Å²) < 4.78 is 24.6. The second-order valence-electron chi connectivity index (χ2n) is 4.28. The van der Waals surface area contributed by atoms with Crippen LogP contribution in [0.2, 0.25) is 0 Å². The summed E-state index contributed by atoms with van der Waals surface area (Å²) in [5.74, 6) is -1.27. The second kappa shape index (κ2) is 6.00. The molecule has 0 aromatic heterocycles. The van der Waals surface area contributed by atoms with Gasteiger partial charge in [0, 0.05) is 0 Å². The van der Waals surface area contributed by atoms with E-state index in [1.54, 1.807) is 25.1 Å². The van der Waals surface area contributed by atoms with Gasteiger partial charge in [-0.05, 0) is 25.0 Å². The van der Waals surface area contributed by atoms with Gasteiger partial charge < -0.3 is 5.11 Å². The highest BCUT2D eigenvalue weighted by Gasteiger charge is 2.34. The van der Waals surface area contributed by atoms with Crippen molar-refractivity contribution in [1.82, 2.24) is 0 Å². The monoisotopic (exact) mass is 270 g/mol. The number of carbonyl (C=O) groups is 1. The molecule has 1 unspecified atom stereocenters. The number of benzene rings is 1. The molecule has 0 spiro atoms. The highest BCUT2D eigenvalue weighted by molar-refractivity contribution is 7.92. The molecule has 0 bridgehead atoms. The fraction of sp³-hybridized carbons (Fsp3) is 0.462. The maximum atomic E-state index is 12.3. The number of carboxylic acids is 1. The molecule has 1 rings (SSSR count). The average Bonchev–Trinajstić information content (AvgIpc) is 2.29. The highest BCUT2D eigenvalue weighted by Crippen LogP contribution is 2.23. The smallest absolute Gasteiger partial charge is 0.322 e. The summed E-state index contributed by atoms with van der Waals surface area (Å²) in [5.41, 5.74) is 0.584. The van der Waals surface area contributed by atoms with Gasteiger partial charge in [0.15, 0.2) is 15.1 Å². The zero-order chi connectivity index (χ0) is 13.8. The van der Waals surface area contributed by atoms with Crippen LogP contribution in [0.5, 0.6) is 0 Å². The van der Waals surface area contributed by atoms with Crippen molar-refractivity contribution in [1.29, 1.82) is 0 Å². The standard InChI is InChI=1S/C13H18O4S/c1-3-4-8-12(13(14)15)18(16,17)11-9-6-5-7-10(11)2/h5-7,9,12H,3-4,8H2,1-2H3,(H,14,15). The molecule has 1 atom stereocenters. The van der Waals surface area contributed by atoms with Crippen molar-refractivity contribution in [2.75, 3.05) is 0 Å². The maximum absolute atomic E-state index is 12.3. The van der Waals surface area contributed by atoms with Gasteiger partial charge in [0.25, 0.3) is 0 Å². The Bertz CT molecular complexity index is 520. The van der Waals surface area contributed by atoms with Crippen LogP contribution in [0, 0.1) is 6.92 Å². The second-order valence-corrected chi connectivity index (χ2v) is 6.38. The Morgan fingerprint density at radius 1 is 1.33 bits per heavy atom. The molecule has 0 aliphatic carbocycles. The van der Waals surface area contributed by atoms with Crippen molar-refractivity contribution in [3.05, 3.63) is 29.8 Å². The number of aliphatic carboxylic acids is 1. The molecule has 0 heterocycles. The van der Waals surface area contributed by atoms with Gasteiger partial charge in [0.2, 0.25) is 0 Å². The van der Waals surface area contributed by atoms with E-state index >= 15 is 0 Å². The number of aryl methyl sites for hydroxylation is 1. The summed E-state index contributed by atoms with van der Waals surface area (Å²) in [6, 6.07) is 6.48. The molecule has 0 aliphatic rings. The summed E-state index contributed by atoms with van der Waals surface area (Å²) in [7, 11) is -3.80. The van der Waals surface area contributed by atoms with Crippen molar-refractivity contribution >= 4 is 15.8 Å². The van der Waals surface area contributed by atoms with E-state index in [0.717, 1.165) is 6.42 Å². The molecule has 0 fully saturated rings. The SMILES string of the molecule is CCCCC(C(=O)O)S(=O)(=O)c1ccccc1C. The Morgan fingerprint density at radius 2 is 1.94 bits per heavy atom. The highest BCUT2D eigenvalue weighted by atomic mass is 32.2. The van der Waals surface area contributed by atoms with Crippen molar-refractivity contribution in [3.8, 4) is 0 Å². The lowest BCUT2D eigenvalue weighted by Crippen LogP contribution is -2.30. The Labute approximate surface area is 108 Å². The molecule has 0 saturated carbocycles. The van der Waals surface area contributed by atoms with Gasteiger partial charge in [-0.25, -0.2) is 8.42 Å². The third-order valence-corrected chi connectivity index (χ3v) is 5.13. The first-order valence-electron chi connectivity index (χ1n) is 5.93. The fourth-order valence-electron chi connectivity index (χ4n) is 1.83. The lowest BCUT2D eigenvalue weighted by molar-refractivity contribution is -0.136. The van der Waals surface area contributed by atoms with Gasteiger partial charge in [-0.1, -0.05) is 38.0 Å². The molecular weight excluding hydrogens is 252 g/mol. The van der Waals surface area contributed by atoms with E-state index in [1.165, 1.54) is 6.07 Å². The molecule has 18 heavy (non-hydrogen) atoms. The van der Waals surface area contributed by atoms with E-state index in [0.29, 0.717) is 12.0 Å². The maximum Gasteiger partial charge on any atom is 0.322 e. The largest absolute Gasteiger partial charge is 0.480 e. The van der Waals surface area contributed by atoms with E-state index in [-0.39, 0.29) is 11.3 Å². The van der Waals surface area contributed by atoms with Gasteiger partial charge in [0.05, 0.1) is 4.90 Å². The van der Waals surface area contributed by atoms with E-state index in [9.17, 15) is 13.2 Å². The molecule has 1 N–H and O–H groups in total. The summed E-state index contributed by atoms with van der Waals surface area (Å²) in [6.07, 6.45) is 1.51. The number of rotatable bonds is 6. The molecule has 0 amide bonds. The molecule has 0 aliphatic heterocycles. The Kier molecular flexibility index (Phi) is 4.90. The van der Waals surface area contributed by atoms with E-state index < -0.39 is 21.1 Å². The lowest BCUT2D eigenvalue weighted by atomic mass is 10.2. The Morgan fingerprint density at radius 3 is 2.44 bits per heavy atom. The van der Waals surface area contributed by atoms with Crippen LogP contribution in [0.4, 0.5) is 0 Å². The molecule has 5 heteroatoms. The van der Waals surface area contributed by atoms with Gasteiger partial charge in [-0.3, -0.25) is 4.79 Å². The van der Waals surface area contributed by atoms with Crippen LogP contribution in [-0.2, 0) is 14.6 Å². The van der Waals surface area contributed by atoms with Gasteiger partial charge in [-0.15, -0.1) is 0 Å². The topological polar surface area (TPSA) is 71.4 Å². The third kappa shape index (κ3) is 3.10. The predicted molar refractivity (Wildman–Crippen MR) is 69.3 cm³/mol. The normalized spacial score (nSPS) is 13.2. The third-order valence-electron chi connectivity index (χ3n) is 2.87. The van der Waals surface area contributed by atoms with Crippen LogP contribution in [0.3, 0.4) is 0 Å². The number of sulfone groups is 1. The van der Waals surface area contributed by atoms with Crippen LogP contribution in [0.15, 0.2) is 29.2 Å². The van der Waals surface area contributed by atoms with Gasteiger partial charge in [0.1, 0.15) is 0 Å². The quantitative estimate of drug-likeness (QED) is 0.861. The first-order chi connectivity index (χ1) is 8.41. The predicted octanol–water partition coefficient (Wildman–Crippen LogP) is 2.41. The summed E-state index contributed by atoms with van der Waals surface area (Å²) in [6.45, 7) is 3.57. The molecule has 4 nitrogen and oxygen atoms in total. The minimum absolute atomic E-state index is 0.119. The molecule has 0 saturated heterocycles. The van der Waals surface area contributed by atoms with Crippen molar-refractivity contribution in [2.24, 2.45) is 0 Å². The van der Waals surface area contributed by atoms with Crippen LogP contribution in [0.1, 0.15) is 31.7 Å². The van der Waals surface area contributed by atoms with Crippen molar-refractivity contribution < 1.29 is 18.3 Å². The van der Waals surface area contributed by atoms with E-state index in [1.807, 2.05) is 6.92 Å². The molecule has 1 aromatic rings. The average molecular weight is 270 g/mol. The number of hydrogen-bond donors (Lipinski definition) is 1. The number of hydrogen-bond acceptors (Lipinski definition) is 3. The van der Waals surface area contributed by atoms with Crippen LogP contribution in [0.25, 0.3) is 0 Å². The number of unbranched alkanes of at least 4 members (excludes halogenated alkanes) is 1. The summed E-state index contributed by atoms with van der Waals surface area (Å²) in [4.78, 5) is 11.3. The van der Waals surface area contributed by atoms with Crippen LogP contribution in [-0.4, -0.2) is 24.7 Å². The minimum atomic E-state index is -3.80. The first kappa shape index (κ1) is 14.7. The van der Waals surface area contributed by atoms with Crippen molar-refractivity contribution in [3.63, 3.8) is 0 Å². The molecule has 0 radical (unpaired) electrons. The minimum Gasteiger partial charge on any atom is -0.480 e. The molecule has 100 valence electrons. The lowest BCUT2D eigenvalue weighted by Gasteiger charge is -2.14. The number of carboxylic acid groups (broad SMARTS) is 1. The van der Waals surface area contributed by atoms with Crippen LogP contribution < -0.4 is 0 Å². The first-order valence-corrected chi connectivity index (χ1v) is 7.48. The van der Waals surface area contributed by atoms with E-state index in [2.05, 4.69) is 0 Å². The fourth-order valence-corrected chi connectivity index (χ4v) is 3.66. The summed E-state index contributed by atoms with van der Waals surface area (Å²) >= 11 is 0.